The first-order chi connectivity index (χ1) is 6.61. The van der Waals surface area contributed by atoms with E-state index in [9.17, 15) is 4.79 Å². The maximum Gasteiger partial charge on any atom is 0.248 e. The number of hydrogen-bond acceptors (Lipinski definition) is 5. The second-order valence-electron chi connectivity index (χ2n) is 2.52. The molecule has 0 aliphatic carbocycles. The van der Waals surface area contributed by atoms with Gasteiger partial charge in [0.25, 0.3) is 0 Å². The minimum atomic E-state index is -1.23. The molecular weight excluding hydrogens is 252 g/mol. The average Bonchev–Trinajstić information content (AvgIpc) is 2.16. The molecule has 6 nitrogen and oxygen atoms in total. The van der Waals surface area contributed by atoms with Crippen LogP contribution < -0.4 is 11.1 Å². The third-order valence-corrected chi connectivity index (χ3v) is 2.04. The molecule has 1 aromatic heterocycles. The van der Waals surface area contributed by atoms with Gasteiger partial charge >= 0.3 is 0 Å². The Bertz CT molecular complexity index is 333. The number of nitrogens with two attached hydrogens (primary N) is 1. The molecule has 1 amide bonds. The minimum absolute atomic E-state index is 0.0188. The van der Waals surface area contributed by atoms with Gasteiger partial charge in [0.2, 0.25) is 5.91 Å². The van der Waals surface area contributed by atoms with Crippen LogP contribution >= 0.6 is 15.9 Å². The summed E-state index contributed by atoms with van der Waals surface area (Å²) in [6, 6.07) is 0. The fraction of sp³-hybridized carbons (Fsp3) is 0.286. The van der Waals surface area contributed by atoms with Crippen molar-refractivity contribution in [1.82, 2.24) is 9.97 Å². The number of carbonyl (C=O) groups excluding carboxylic acids is 1. The zero-order valence-corrected chi connectivity index (χ0v) is 8.73. The first-order valence-electron chi connectivity index (χ1n) is 3.78. The molecule has 1 unspecified atom stereocenters. The number of aliphatic hydroxyl groups is 1. The monoisotopic (exact) mass is 260 g/mol. The second kappa shape index (κ2) is 4.87. The van der Waals surface area contributed by atoms with E-state index in [0.29, 0.717) is 10.3 Å². The lowest BCUT2D eigenvalue weighted by Gasteiger charge is -2.09. The number of aliphatic hydroxyl groups excluding tert-OH is 1. The molecular formula is C7H9BrN4O2. The van der Waals surface area contributed by atoms with E-state index in [1.165, 1.54) is 6.33 Å². The summed E-state index contributed by atoms with van der Waals surface area (Å²) in [5.41, 5.74) is 4.86. The molecule has 0 saturated carbocycles. The quantitative estimate of drug-likeness (QED) is 0.678. The summed E-state index contributed by atoms with van der Waals surface area (Å²) in [7, 11) is 0. The number of nitrogens with one attached hydrogen (secondary N) is 1. The Morgan fingerprint density at radius 1 is 1.79 bits per heavy atom. The van der Waals surface area contributed by atoms with Crippen LogP contribution in [0.4, 0.5) is 5.82 Å². The Hall–Kier alpha value is -1.21. The van der Waals surface area contributed by atoms with Crippen molar-refractivity contribution in [3.05, 3.63) is 17.0 Å². The first-order valence-corrected chi connectivity index (χ1v) is 4.57. The Morgan fingerprint density at radius 3 is 3.07 bits per heavy atom. The molecule has 76 valence electrons. The molecule has 1 aromatic rings. The third kappa shape index (κ3) is 2.93. The van der Waals surface area contributed by atoms with Crippen molar-refractivity contribution in [3.63, 3.8) is 0 Å². The van der Waals surface area contributed by atoms with Gasteiger partial charge in [0.05, 0.1) is 11.0 Å². The molecule has 0 fully saturated rings. The maximum absolute atomic E-state index is 10.5. The smallest absolute Gasteiger partial charge is 0.248 e. The number of anilines is 1. The number of halogens is 1. The van der Waals surface area contributed by atoms with Gasteiger partial charge in [0.1, 0.15) is 18.2 Å². The van der Waals surface area contributed by atoms with Crippen LogP contribution in [-0.4, -0.2) is 33.6 Å². The van der Waals surface area contributed by atoms with Gasteiger partial charge in [-0.15, -0.1) is 0 Å². The van der Waals surface area contributed by atoms with Gasteiger partial charge in [0, 0.05) is 6.20 Å². The number of aromatic nitrogens is 2. The van der Waals surface area contributed by atoms with Crippen molar-refractivity contribution in [2.45, 2.75) is 6.10 Å². The summed E-state index contributed by atoms with van der Waals surface area (Å²) in [5.74, 6) is -0.275. The molecule has 7 heteroatoms. The van der Waals surface area contributed by atoms with Crippen molar-refractivity contribution < 1.29 is 9.90 Å². The summed E-state index contributed by atoms with van der Waals surface area (Å²) in [4.78, 5) is 18.1. The van der Waals surface area contributed by atoms with Crippen molar-refractivity contribution >= 4 is 27.7 Å². The van der Waals surface area contributed by atoms with Gasteiger partial charge in [-0.3, -0.25) is 4.79 Å². The van der Waals surface area contributed by atoms with Crippen molar-refractivity contribution in [2.75, 3.05) is 11.9 Å². The molecule has 0 radical (unpaired) electrons. The standard InChI is InChI=1S/C7H9BrN4O2/c8-4-1-10-3-12-7(4)11-2-5(13)6(9)14/h1,3,5,13H,2H2,(H2,9,14)(H,10,11,12). The lowest BCUT2D eigenvalue weighted by atomic mass is 10.3. The lowest BCUT2D eigenvalue weighted by molar-refractivity contribution is -0.125. The summed E-state index contributed by atoms with van der Waals surface area (Å²) in [6.45, 7) is 0.0188. The van der Waals surface area contributed by atoms with E-state index in [1.54, 1.807) is 6.20 Å². The van der Waals surface area contributed by atoms with Crippen LogP contribution in [0.5, 0.6) is 0 Å². The van der Waals surface area contributed by atoms with Crippen LogP contribution in [0.25, 0.3) is 0 Å². The largest absolute Gasteiger partial charge is 0.381 e. The highest BCUT2D eigenvalue weighted by atomic mass is 79.9. The Labute approximate surface area is 88.7 Å². The van der Waals surface area contributed by atoms with Crippen LogP contribution in [-0.2, 0) is 4.79 Å². The number of nitrogens with zero attached hydrogens (tertiary/aromatic N) is 2. The van der Waals surface area contributed by atoms with Crippen LogP contribution in [0.3, 0.4) is 0 Å². The van der Waals surface area contributed by atoms with Gasteiger partial charge in [-0.2, -0.15) is 0 Å². The van der Waals surface area contributed by atoms with Gasteiger partial charge in [-0.25, -0.2) is 9.97 Å². The van der Waals surface area contributed by atoms with Crippen LogP contribution in [0.2, 0.25) is 0 Å². The molecule has 0 aliphatic rings. The predicted octanol–water partition coefficient (Wildman–Crippen LogP) is -0.503. The van der Waals surface area contributed by atoms with Crippen molar-refractivity contribution in [1.29, 1.82) is 0 Å². The Kier molecular flexibility index (Phi) is 3.78. The van der Waals surface area contributed by atoms with E-state index < -0.39 is 12.0 Å². The van der Waals surface area contributed by atoms with Gasteiger partial charge in [-0.05, 0) is 15.9 Å². The molecule has 0 aromatic carbocycles. The van der Waals surface area contributed by atoms with E-state index in [0.717, 1.165) is 0 Å². The van der Waals surface area contributed by atoms with Gasteiger partial charge in [0.15, 0.2) is 0 Å². The van der Waals surface area contributed by atoms with E-state index in [4.69, 9.17) is 10.8 Å². The third-order valence-electron chi connectivity index (χ3n) is 1.46. The molecule has 1 rings (SSSR count). The molecule has 0 aliphatic heterocycles. The average molecular weight is 261 g/mol. The van der Waals surface area contributed by atoms with Crippen LogP contribution in [0.15, 0.2) is 17.0 Å². The maximum atomic E-state index is 10.5. The van der Waals surface area contributed by atoms with Crippen LogP contribution in [0.1, 0.15) is 0 Å². The topological polar surface area (TPSA) is 101 Å². The molecule has 1 heterocycles. The van der Waals surface area contributed by atoms with Gasteiger partial charge < -0.3 is 16.2 Å². The SMILES string of the molecule is NC(=O)C(O)CNc1ncncc1Br. The fourth-order valence-electron chi connectivity index (χ4n) is 0.737. The van der Waals surface area contributed by atoms with E-state index in [-0.39, 0.29) is 6.54 Å². The number of rotatable bonds is 4. The number of hydrogen-bond donors (Lipinski definition) is 3. The lowest BCUT2D eigenvalue weighted by Crippen LogP contribution is -2.34. The van der Waals surface area contributed by atoms with Gasteiger partial charge in [-0.1, -0.05) is 0 Å². The normalized spacial score (nSPS) is 12.1. The molecule has 0 spiro atoms. The van der Waals surface area contributed by atoms with Crippen molar-refractivity contribution in [2.24, 2.45) is 5.73 Å². The zero-order valence-electron chi connectivity index (χ0n) is 7.14. The second-order valence-corrected chi connectivity index (χ2v) is 3.37. The Balaban J connectivity index is 2.54. The molecule has 0 saturated heterocycles. The molecule has 0 bridgehead atoms. The summed E-state index contributed by atoms with van der Waals surface area (Å²) in [6.07, 6.45) is 1.67. The molecule has 1 atom stereocenters. The first kappa shape index (κ1) is 10.9. The van der Waals surface area contributed by atoms with E-state index in [1.807, 2.05) is 0 Å². The highest BCUT2D eigenvalue weighted by Crippen LogP contribution is 2.16. The highest BCUT2D eigenvalue weighted by molar-refractivity contribution is 9.10. The predicted molar refractivity (Wildman–Crippen MR) is 53.4 cm³/mol. The highest BCUT2D eigenvalue weighted by Gasteiger charge is 2.10. The van der Waals surface area contributed by atoms with E-state index >= 15 is 0 Å². The summed E-state index contributed by atoms with van der Waals surface area (Å²) >= 11 is 3.20. The minimum Gasteiger partial charge on any atom is -0.381 e. The van der Waals surface area contributed by atoms with Crippen molar-refractivity contribution in [3.8, 4) is 0 Å². The fourth-order valence-corrected chi connectivity index (χ4v) is 1.10. The number of amides is 1. The number of carbonyl (C=O) groups is 1. The molecule has 4 N–H and O–H groups in total. The Morgan fingerprint density at radius 2 is 2.50 bits per heavy atom. The van der Waals surface area contributed by atoms with E-state index in [2.05, 4.69) is 31.2 Å². The number of primary amides is 1. The molecule has 14 heavy (non-hydrogen) atoms. The zero-order chi connectivity index (χ0) is 10.6. The van der Waals surface area contributed by atoms with Crippen LogP contribution in [0, 0.1) is 0 Å². The summed E-state index contributed by atoms with van der Waals surface area (Å²) < 4.78 is 0.650. The summed E-state index contributed by atoms with van der Waals surface area (Å²) in [5, 5.41) is 11.8.